The van der Waals surface area contributed by atoms with Gasteiger partial charge in [0.05, 0.1) is 35.0 Å². The standard InChI is InChI=1S/C25H21F7N6O3/c1-41-12-15(36-19-11-35-37-22(39)20(19)25(30,31)32)3-2-5-38-6-4-13-7-17(18(26)8-16(13)23(38)40)21-33-9-14(10-34-21)24(27,28)29/h4,6-11,15H,2-3,5,12H2,1H3,(H2,36,37,39). The van der Waals surface area contributed by atoms with Crippen LogP contribution in [0.3, 0.4) is 0 Å². The maximum absolute atomic E-state index is 14.9. The molecule has 3 heterocycles. The van der Waals surface area contributed by atoms with Crippen LogP contribution in [0.5, 0.6) is 0 Å². The molecular formula is C25H21F7N6O3. The summed E-state index contributed by atoms with van der Waals surface area (Å²) in [6.07, 6.45) is -5.73. The lowest BCUT2D eigenvalue weighted by Gasteiger charge is -2.21. The summed E-state index contributed by atoms with van der Waals surface area (Å²) in [4.78, 5) is 31.9. The Morgan fingerprint density at radius 2 is 1.76 bits per heavy atom. The molecule has 1 atom stereocenters. The minimum Gasteiger partial charge on any atom is -0.383 e. The van der Waals surface area contributed by atoms with Gasteiger partial charge in [-0.3, -0.25) is 9.59 Å². The van der Waals surface area contributed by atoms with Crippen molar-refractivity contribution in [2.75, 3.05) is 19.0 Å². The second kappa shape index (κ2) is 11.6. The Morgan fingerprint density at radius 1 is 1.05 bits per heavy atom. The van der Waals surface area contributed by atoms with Crippen molar-refractivity contribution < 1.29 is 35.5 Å². The smallest absolute Gasteiger partial charge is 0.383 e. The number of rotatable bonds is 9. The van der Waals surface area contributed by atoms with Crippen molar-refractivity contribution in [1.82, 2.24) is 24.7 Å². The minimum atomic E-state index is -4.93. The number of nitrogens with one attached hydrogen (secondary N) is 2. The molecule has 0 aliphatic heterocycles. The number of fused-ring (bicyclic) bond motifs is 1. The van der Waals surface area contributed by atoms with Gasteiger partial charge in [-0.15, -0.1) is 0 Å². The predicted octanol–water partition coefficient (Wildman–Crippen LogP) is 4.63. The van der Waals surface area contributed by atoms with Crippen LogP contribution >= 0.6 is 0 Å². The zero-order chi connectivity index (χ0) is 29.9. The molecule has 0 saturated carbocycles. The number of hydrogen-bond donors (Lipinski definition) is 2. The van der Waals surface area contributed by atoms with Gasteiger partial charge < -0.3 is 14.6 Å². The van der Waals surface area contributed by atoms with Crippen LogP contribution in [0.1, 0.15) is 24.0 Å². The third-order valence-corrected chi connectivity index (χ3v) is 6.10. The van der Waals surface area contributed by atoms with Crippen molar-refractivity contribution >= 4 is 16.5 Å². The number of aromatic amines is 1. The molecule has 1 unspecified atom stereocenters. The number of ether oxygens (including phenoxy) is 1. The molecule has 3 aromatic heterocycles. The highest BCUT2D eigenvalue weighted by atomic mass is 19.4. The first kappa shape index (κ1) is 29.6. The number of pyridine rings is 1. The van der Waals surface area contributed by atoms with Crippen molar-refractivity contribution in [3.05, 3.63) is 80.6 Å². The number of H-pyrrole nitrogens is 1. The van der Waals surface area contributed by atoms with Crippen molar-refractivity contribution in [3.63, 3.8) is 0 Å². The van der Waals surface area contributed by atoms with Crippen molar-refractivity contribution in [3.8, 4) is 11.4 Å². The van der Waals surface area contributed by atoms with Gasteiger partial charge in [-0.2, -0.15) is 31.4 Å². The van der Waals surface area contributed by atoms with E-state index >= 15 is 0 Å². The molecule has 0 amide bonds. The molecule has 0 fully saturated rings. The molecule has 4 aromatic rings. The van der Waals surface area contributed by atoms with E-state index in [0.29, 0.717) is 17.8 Å². The zero-order valence-electron chi connectivity index (χ0n) is 21.1. The second-order valence-corrected chi connectivity index (χ2v) is 8.95. The molecule has 0 aliphatic carbocycles. The summed E-state index contributed by atoms with van der Waals surface area (Å²) >= 11 is 0. The van der Waals surface area contributed by atoms with E-state index in [4.69, 9.17) is 4.74 Å². The van der Waals surface area contributed by atoms with Crippen molar-refractivity contribution in [1.29, 1.82) is 0 Å². The molecule has 9 nitrogen and oxygen atoms in total. The van der Waals surface area contributed by atoms with Crippen LogP contribution in [0.25, 0.3) is 22.2 Å². The molecule has 4 rings (SSSR count). The lowest BCUT2D eigenvalue weighted by Crippen LogP contribution is -2.31. The van der Waals surface area contributed by atoms with Gasteiger partial charge in [0, 0.05) is 38.3 Å². The van der Waals surface area contributed by atoms with Crippen LogP contribution in [-0.2, 0) is 23.6 Å². The topological polar surface area (TPSA) is 115 Å². The van der Waals surface area contributed by atoms with E-state index < -0.39 is 52.1 Å². The third-order valence-electron chi connectivity index (χ3n) is 6.10. The van der Waals surface area contributed by atoms with E-state index in [-0.39, 0.29) is 42.8 Å². The van der Waals surface area contributed by atoms with Gasteiger partial charge in [0.1, 0.15) is 11.4 Å². The summed E-state index contributed by atoms with van der Waals surface area (Å²) in [6, 6.07) is 3.03. The Bertz CT molecular complexity index is 1650. The fourth-order valence-corrected chi connectivity index (χ4v) is 4.18. The van der Waals surface area contributed by atoms with Crippen molar-refractivity contribution in [2.45, 2.75) is 37.8 Å². The summed E-state index contributed by atoms with van der Waals surface area (Å²) in [5, 5.41) is 8.09. The first-order valence-electron chi connectivity index (χ1n) is 11.9. The Kier molecular flexibility index (Phi) is 8.42. The summed E-state index contributed by atoms with van der Waals surface area (Å²) in [5.74, 6) is -1.20. The number of alkyl halides is 6. The highest BCUT2D eigenvalue weighted by Crippen LogP contribution is 2.32. The SMILES string of the molecule is COCC(CCCn1ccc2cc(-c3ncc(C(F)(F)F)cn3)c(F)cc2c1=O)Nc1cn[nH]c(=O)c1C(F)(F)F. The first-order valence-corrected chi connectivity index (χ1v) is 11.9. The van der Waals surface area contributed by atoms with E-state index in [9.17, 15) is 40.3 Å². The van der Waals surface area contributed by atoms with Crippen LogP contribution in [0.15, 0.2) is 52.6 Å². The molecular weight excluding hydrogens is 565 g/mol. The van der Waals surface area contributed by atoms with Crippen LogP contribution in [0, 0.1) is 5.82 Å². The maximum Gasteiger partial charge on any atom is 0.423 e. The average molecular weight is 586 g/mol. The fourth-order valence-electron chi connectivity index (χ4n) is 4.18. The molecule has 41 heavy (non-hydrogen) atoms. The van der Waals surface area contributed by atoms with E-state index in [0.717, 1.165) is 12.3 Å². The van der Waals surface area contributed by atoms with Gasteiger partial charge in [0.15, 0.2) is 5.82 Å². The Hall–Kier alpha value is -4.34. The molecule has 0 bridgehead atoms. The molecule has 0 saturated heterocycles. The van der Waals surface area contributed by atoms with E-state index in [2.05, 4.69) is 20.4 Å². The Balaban J connectivity index is 1.51. The molecule has 0 radical (unpaired) electrons. The number of halogens is 7. The number of benzene rings is 1. The summed E-state index contributed by atoms with van der Waals surface area (Å²) in [5.41, 5.74) is -5.19. The van der Waals surface area contributed by atoms with Gasteiger partial charge in [0.2, 0.25) is 0 Å². The van der Waals surface area contributed by atoms with Crippen LogP contribution in [0.2, 0.25) is 0 Å². The van der Waals surface area contributed by atoms with Gasteiger partial charge in [-0.25, -0.2) is 19.5 Å². The number of hydrogen-bond acceptors (Lipinski definition) is 7. The number of aryl methyl sites for hydroxylation is 1. The fraction of sp³-hybridized carbons (Fsp3) is 0.320. The minimum absolute atomic E-state index is 0.00312. The van der Waals surface area contributed by atoms with Crippen LogP contribution in [0.4, 0.5) is 36.4 Å². The monoisotopic (exact) mass is 586 g/mol. The quantitative estimate of drug-likeness (QED) is 0.275. The summed E-state index contributed by atoms with van der Waals surface area (Å²) in [6.45, 7) is 0.0958. The molecule has 218 valence electrons. The second-order valence-electron chi connectivity index (χ2n) is 8.95. The van der Waals surface area contributed by atoms with Gasteiger partial charge in [-0.1, -0.05) is 0 Å². The number of nitrogens with zero attached hydrogens (tertiary/aromatic N) is 4. The van der Waals surface area contributed by atoms with Crippen molar-refractivity contribution in [2.24, 2.45) is 0 Å². The lowest BCUT2D eigenvalue weighted by atomic mass is 10.1. The first-order chi connectivity index (χ1) is 19.3. The third kappa shape index (κ3) is 6.70. The van der Waals surface area contributed by atoms with E-state index in [1.165, 1.54) is 30.0 Å². The maximum atomic E-state index is 14.9. The van der Waals surface area contributed by atoms with Gasteiger partial charge >= 0.3 is 12.4 Å². The molecule has 1 aromatic carbocycles. The predicted molar refractivity (Wildman–Crippen MR) is 133 cm³/mol. The number of aromatic nitrogens is 5. The molecule has 0 spiro atoms. The van der Waals surface area contributed by atoms with E-state index in [1.54, 1.807) is 5.10 Å². The highest BCUT2D eigenvalue weighted by molar-refractivity contribution is 5.86. The lowest BCUT2D eigenvalue weighted by molar-refractivity contribution is -0.139. The summed E-state index contributed by atoms with van der Waals surface area (Å²) < 4.78 is 99.7. The number of anilines is 1. The zero-order valence-corrected chi connectivity index (χ0v) is 21.1. The largest absolute Gasteiger partial charge is 0.423 e. The Labute approximate surface area is 226 Å². The highest BCUT2D eigenvalue weighted by Gasteiger charge is 2.37. The normalized spacial score (nSPS) is 13.0. The van der Waals surface area contributed by atoms with Crippen LogP contribution in [-0.4, -0.2) is 44.5 Å². The molecule has 0 aliphatic rings. The van der Waals surface area contributed by atoms with Gasteiger partial charge in [0.25, 0.3) is 11.1 Å². The Morgan fingerprint density at radius 3 is 2.39 bits per heavy atom. The van der Waals surface area contributed by atoms with E-state index in [1.807, 2.05) is 0 Å². The van der Waals surface area contributed by atoms with Crippen LogP contribution < -0.4 is 16.4 Å². The average Bonchev–Trinajstić information content (AvgIpc) is 2.89. The molecule has 2 N–H and O–H groups in total. The molecule has 16 heteroatoms. The summed E-state index contributed by atoms with van der Waals surface area (Å²) in [7, 11) is 1.35. The van der Waals surface area contributed by atoms with Gasteiger partial charge in [-0.05, 0) is 36.4 Å². The number of methoxy groups -OCH3 is 1.